The number of hydrogen-bond donors (Lipinski definition) is 2. The first-order valence-electron chi connectivity index (χ1n) is 8.01. The predicted molar refractivity (Wildman–Crippen MR) is 101 cm³/mol. The zero-order chi connectivity index (χ0) is 18.5. The van der Waals surface area contributed by atoms with Crippen molar-refractivity contribution in [2.75, 3.05) is 18.0 Å². The number of carbonyl (C=O) groups is 2. The van der Waals surface area contributed by atoms with Gasteiger partial charge in [0.15, 0.2) is 0 Å². The molecule has 3 rings (SSSR count). The van der Waals surface area contributed by atoms with Crippen LogP contribution in [0, 0.1) is 0 Å². The third kappa shape index (κ3) is 4.80. The Morgan fingerprint density at radius 2 is 1.65 bits per heavy atom. The number of nitrogens with one attached hydrogen (secondary N) is 2. The van der Waals surface area contributed by atoms with Crippen molar-refractivity contribution in [2.45, 2.75) is 12.6 Å². The average molecular weight is 394 g/mol. The summed E-state index contributed by atoms with van der Waals surface area (Å²) in [6.45, 7) is 0.963. The molecule has 6 nitrogen and oxygen atoms in total. The molecule has 1 saturated heterocycles. The van der Waals surface area contributed by atoms with Crippen LogP contribution in [0.3, 0.4) is 0 Å². The molecule has 1 aliphatic heterocycles. The topological polar surface area (TPSA) is 70.7 Å². The van der Waals surface area contributed by atoms with Gasteiger partial charge in [0, 0.05) is 22.3 Å². The lowest BCUT2D eigenvalue weighted by Crippen LogP contribution is -2.40. The number of urea groups is 1. The van der Waals surface area contributed by atoms with E-state index in [-0.39, 0.29) is 12.6 Å². The second-order valence-electron chi connectivity index (χ2n) is 5.78. The van der Waals surface area contributed by atoms with Crippen LogP contribution in [0.4, 0.5) is 15.3 Å². The van der Waals surface area contributed by atoms with Crippen molar-refractivity contribution < 1.29 is 14.3 Å². The SMILES string of the molecule is O=C(NCc1ccc(Cl)cc1)NCC1CN(c2ccc(Cl)cc2)C(=O)O1. The van der Waals surface area contributed by atoms with Gasteiger partial charge in [-0.15, -0.1) is 0 Å². The van der Waals surface area contributed by atoms with E-state index in [1.54, 1.807) is 36.4 Å². The van der Waals surface area contributed by atoms with Gasteiger partial charge in [-0.25, -0.2) is 9.59 Å². The second-order valence-corrected chi connectivity index (χ2v) is 6.66. The van der Waals surface area contributed by atoms with Crippen molar-refractivity contribution in [3.8, 4) is 0 Å². The number of cyclic esters (lactones) is 1. The molecule has 0 saturated carbocycles. The highest BCUT2D eigenvalue weighted by Crippen LogP contribution is 2.23. The number of benzene rings is 2. The molecule has 1 aliphatic rings. The van der Waals surface area contributed by atoms with E-state index < -0.39 is 12.2 Å². The molecule has 1 atom stereocenters. The Morgan fingerprint density at radius 1 is 1.04 bits per heavy atom. The average Bonchev–Trinajstić information content (AvgIpc) is 3.01. The zero-order valence-electron chi connectivity index (χ0n) is 13.7. The third-order valence-corrected chi connectivity index (χ3v) is 4.37. The summed E-state index contributed by atoms with van der Waals surface area (Å²) >= 11 is 11.7. The molecule has 0 bridgehead atoms. The highest BCUT2D eigenvalue weighted by molar-refractivity contribution is 6.30. The summed E-state index contributed by atoms with van der Waals surface area (Å²) in [5, 5.41) is 6.69. The standard InChI is InChI=1S/C18H17Cl2N3O3/c19-13-3-1-12(2-4-13)9-21-17(24)22-10-16-11-23(18(25)26-16)15-7-5-14(20)6-8-15/h1-8,16H,9-11H2,(H2,21,22,24). The molecular formula is C18H17Cl2N3O3. The number of carbonyl (C=O) groups excluding carboxylic acids is 2. The van der Waals surface area contributed by atoms with Crippen LogP contribution < -0.4 is 15.5 Å². The van der Waals surface area contributed by atoms with Gasteiger partial charge < -0.3 is 15.4 Å². The van der Waals surface area contributed by atoms with E-state index in [0.29, 0.717) is 28.8 Å². The van der Waals surface area contributed by atoms with Crippen LogP contribution in [-0.2, 0) is 11.3 Å². The van der Waals surface area contributed by atoms with Gasteiger partial charge in [-0.2, -0.15) is 0 Å². The Kier molecular flexibility index (Phi) is 5.85. The van der Waals surface area contributed by atoms with E-state index in [1.807, 2.05) is 12.1 Å². The van der Waals surface area contributed by atoms with E-state index in [0.717, 1.165) is 5.56 Å². The number of halogens is 2. The smallest absolute Gasteiger partial charge is 0.414 e. The highest BCUT2D eigenvalue weighted by atomic mass is 35.5. The van der Waals surface area contributed by atoms with E-state index >= 15 is 0 Å². The summed E-state index contributed by atoms with van der Waals surface area (Å²) in [5.41, 5.74) is 1.64. The first kappa shape index (κ1) is 18.4. The van der Waals surface area contributed by atoms with Gasteiger partial charge in [0.1, 0.15) is 6.10 Å². The predicted octanol–water partition coefficient (Wildman–Crippen LogP) is 3.82. The maximum Gasteiger partial charge on any atom is 0.414 e. The molecule has 0 aromatic heterocycles. The molecule has 1 unspecified atom stereocenters. The number of anilines is 1. The van der Waals surface area contributed by atoms with Crippen molar-refractivity contribution >= 4 is 41.0 Å². The van der Waals surface area contributed by atoms with E-state index in [1.165, 1.54) is 4.90 Å². The molecule has 0 radical (unpaired) electrons. The summed E-state index contributed by atoms with van der Waals surface area (Å²) in [4.78, 5) is 25.4. The lowest BCUT2D eigenvalue weighted by atomic mass is 10.2. The lowest BCUT2D eigenvalue weighted by molar-refractivity contribution is 0.140. The summed E-state index contributed by atoms with van der Waals surface area (Å²) in [5.74, 6) is 0. The van der Waals surface area contributed by atoms with E-state index in [4.69, 9.17) is 27.9 Å². The monoisotopic (exact) mass is 393 g/mol. The third-order valence-electron chi connectivity index (χ3n) is 3.87. The maximum absolute atomic E-state index is 12.0. The first-order valence-corrected chi connectivity index (χ1v) is 8.77. The van der Waals surface area contributed by atoms with Crippen LogP contribution in [0.2, 0.25) is 10.0 Å². The lowest BCUT2D eigenvalue weighted by Gasteiger charge is -2.13. The quantitative estimate of drug-likeness (QED) is 0.810. The molecule has 1 fully saturated rings. The van der Waals surface area contributed by atoms with Crippen molar-refractivity contribution in [1.29, 1.82) is 0 Å². The highest BCUT2D eigenvalue weighted by Gasteiger charge is 2.32. The number of amides is 3. The molecule has 8 heteroatoms. The van der Waals surface area contributed by atoms with E-state index in [9.17, 15) is 9.59 Å². The molecule has 0 aliphatic carbocycles. The number of rotatable bonds is 5. The molecule has 3 amide bonds. The van der Waals surface area contributed by atoms with Crippen molar-refractivity contribution in [2.24, 2.45) is 0 Å². The molecule has 0 spiro atoms. The van der Waals surface area contributed by atoms with Gasteiger partial charge >= 0.3 is 12.1 Å². The Hall–Kier alpha value is -2.44. The van der Waals surface area contributed by atoms with Gasteiger partial charge in [0.05, 0.1) is 13.1 Å². The summed E-state index contributed by atoms with van der Waals surface area (Å²) in [6, 6.07) is 13.8. The number of hydrogen-bond acceptors (Lipinski definition) is 3. The first-order chi connectivity index (χ1) is 12.5. The number of ether oxygens (including phenoxy) is 1. The van der Waals surface area contributed by atoms with Gasteiger partial charge in [0.25, 0.3) is 0 Å². The minimum absolute atomic E-state index is 0.224. The molecule has 136 valence electrons. The van der Waals surface area contributed by atoms with Crippen LogP contribution >= 0.6 is 23.2 Å². The molecule has 2 aromatic carbocycles. The Bertz CT molecular complexity index is 781. The molecule has 2 N–H and O–H groups in total. The minimum atomic E-state index is -0.444. The second kappa shape index (κ2) is 8.29. The van der Waals surface area contributed by atoms with Crippen LogP contribution in [0.25, 0.3) is 0 Å². The maximum atomic E-state index is 12.0. The van der Waals surface area contributed by atoms with Gasteiger partial charge in [-0.05, 0) is 42.0 Å². The fourth-order valence-electron chi connectivity index (χ4n) is 2.51. The van der Waals surface area contributed by atoms with Crippen molar-refractivity contribution in [3.63, 3.8) is 0 Å². The molecular weight excluding hydrogens is 377 g/mol. The largest absolute Gasteiger partial charge is 0.442 e. The van der Waals surface area contributed by atoms with Crippen molar-refractivity contribution in [1.82, 2.24) is 10.6 Å². The Labute approximate surface area is 161 Å². The summed E-state index contributed by atoms with van der Waals surface area (Å²) in [7, 11) is 0. The number of nitrogens with zero attached hydrogens (tertiary/aromatic N) is 1. The van der Waals surface area contributed by atoms with Crippen LogP contribution in [-0.4, -0.2) is 31.3 Å². The Morgan fingerprint density at radius 3 is 2.31 bits per heavy atom. The van der Waals surface area contributed by atoms with Gasteiger partial charge in [-0.3, -0.25) is 4.90 Å². The normalized spacial score (nSPS) is 16.3. The fourth-order valence-corrected chi connectivity index (χ4v) is 2.77. The fraction of sp³-hybridized carbons (Fsp3) is 0.222. The van der Waals surface area contributed by atoms with E-state index in [2.05, 4.69) is 10.6 Å². The van der Waals surface area contributed by atoms with Crippen LogP contribution in [0.5, 0.6) is 0 Å². The summed E-state index contributed by atoms with van der Waals surface area (Å²) < 4.78 is 5.28. The zero-order valence-corrected chi connectivity index (χ0v) is 15.3. The van der Waals surface area contributed by atoms with Gasteiger partial charge in [0.2, 0.25) is 0 Å². The van der Waals surface area contributed by atoms with Gasteiger partial charge in [-0.1, -0.05) is 35.3 Å². The molecule has 26 heavy (non-hydrogen) atoms. The minimum Gasteiger partial charge on any atom is -0.442 e. The molecule has 1 heterocycles. The van der Waals surface area contributed by atoms with Crippen molar-refractivity contribution in [3.05, 3.63) is 64.1 Å². The van der Waals surface area contributed by atoms with Crippen LogP contribution in [0.15, 0.2) is 48.5 Å². The van der Waals surface area contributed by atoms with Crippen LogP contribution in [0.1, 0.15) is 5.56 Å². The summed E-state index contributed by atoms with van der Waals surface area (Å²) in [6.07, 6.45) is -0.861. The molecule has 2 aromatic rings. The Balaban J connectivity index is 1.44.